The fourth-order valence-corrected chi connectivity index (χ4v) is 9.82. The van der Waals surface area contributed by atoms with E-state index in [9.17, 15) is 0 Å². The first kappa shape index (κ1) is 32.6. The average molecular weight is 741 g/mol. The lowest BCUT2D eigenvalue weighted by molar-refractivity contribution is 0.643. The van der Waals surface area contributed by atoms with Crippen molar-refractivity contribution in [1.82, 2.24) is 4.57 Å². The van der Waals surface area contributed by atoms with E-state index in [1.165, 1.54) is 55.3 Å². The van der Waals surface area contributed by atoms with Crippen molar-refractivity contribution in [2.75, 3.05) is 4.90 Å². The highest BCUT2D eigenvalue weighted by molar-refractivity contribution is 6.11. The van der Waals surface area contributed by atoms with Gasteiger partial charge < -0.3 is 13.9 Å². The number of hydrogen-bond acceptors (Lipinski definition) is 2. The van der Waals surface area contributed by atoms with Gasteiger partial charge >= 0.3 is 0 Å². The highest BCUT2D eigenvalue weighted by Crippen LogP contribution is 2.59. The summed E-state index contributed by atoms with van der Waals surface area (Å²) in [6, 6.07) is 79.1. The molecule has 3 nitrogen and oxygen atoms in total. The van der Waals surface area contributed by atoms with Crippen molar-refractivity contribution in [1.29, 1.82) is 0 Å². The second kappa shape index (κ2) is 12.7. The van der Waals surface area contributed by atoms with Crippen LogP contribution in [0.1, 0.15) is 22.3 Å². The van der Waals surface area contributed by atoms with Gasteiger partial charge in [-0.25, -0.2) is 0 Å². The Morgan fingerprint density at radius 2 is 0.931 bits per heavy atom. The number of nitrogens with zero attached hydrogens (tertiary/aromatic N) is 2. The Morgan fingerprint density at radius 1 is 0.362 bits per heavy atom. The molecule has 0 radical (unpaired) electrons. The number of hydrogen-bond donors (Lipinski definition) is 0. The molecule has 12 rings (SSSR count). The van der Waals surface area contributed by atoms with Gasteiger partial charge in [0.25, 0.3) is 0 Å². The third kappa shape index (κ3) is 4.62. The van der Waals surface area contributed by atoms with E-state index in [1.807, 2.05) is 0 Å². The predicted octanol–water partition coefficient (Wildman–Crippen LogP) is 14.5. The minimum absolute atomic E-state index is 0.660. The van der Waals surface area contributed by atoms with Crippen LogP contribution in [0.5, 0.6) is 0 Å². The van der Waals surface area contributed by atoms with E-state index >= 15 is 0 Å². The van der Waals surface area contributed by atoms with Gasteiger partial charge in [-0.2, -0.15) is 0 Å². The Morgan fingerprint density at radius 3 is 1.69 bits per heavy atom. The highest BCUT2D eigenvalue weighted by atomic mass is 16.3. The van der Waals surface area contributed by atoms with Crippen LogP contribution in [0.2, 0.25) is 0 Å². The molecule has 9 aromatic carbocycles. The Balaban J connectivity index is 1.03. The van der Waals surface area contributed by atoms with E-state index in [4.69, 9.17) is 4.42 Å². The lowest BCUT2D eigenvalue weighted by Gasteiger charge is -2.46. The Bertz CT molecular complexity index is 3290. The number of aromatic nitrogens is 1. The fraction of sp³-hybridized carbons (Fsp3) is 0.0182. The van der Waals surface area contributed by atoms with Crippen molar-refractivity contribution >= 4 is 60.8 Å². The Kier molecular flexibility index (Phi) is 7.14. The van der Waals surface area contributed by atoms with Crippen LogP contribution in [-0.4, -0.2) is 4.57 Å². The maximum atomic E-state index is 6.84. The molecule has 1 aliphatic rings. The molecule has 0 saturated carbocycles. The van der Waals surface area contributed by atoms with Gasteiger partial charge in [-0.3, -0.25) is 0 Å². The molecule has 11 aromatic rings. The van der Waals surface area contributed by atoms with Crippen molar-refractivity contribution in [2.45, 2.75) is 5.41 Å². The Hall–Kier alpha value is -7.62. The molecular weight excluding hydrogens is 705 g/mol. The Labute approximate surface area is 336 Å². The zero-order valence-electron chi connectivity index (χ0n) is 31.6. The van der Waals surface area contributed by atoms with E-state index < -0.39 is 5.41 Å². The predicted molar refractivity (Wildman–Crippen MR) is 240 cm³/mol. The zero-order valence-corrected chi connectivity index (χ0v) is 31.6. The summed E-state index contributed by atoms with van der Waals surface area (Å²) < 4.78 is 9.21. The summed E-state index contributed by atoms with van der Waals surface area (Å²) in [7, 11) is 0. The van der Waals surface area contributed by atoms with Gasteiger partial charge in [-0.1, -0.05) is 158 Å². The fourth-order valence-electron chi connectivity index (χ4n) is 9.82. The van der Waals surface area contributed by atoms with Crippen LogP contribution in [0.4, 0.5) is 17.1 Å². The van der Waals surface area contributed by atoms with E-state index in [1.54, 1.807) is 0 Å². The first-order valence-electron chi connectivity index (χ1n) is 19.9. The molecule has 0 aliphatic carbocycles. The summed E-state index contributed by atoms with van der Waals surface area (Å²) in [6.45, 7) is 0. The van der Waals surface area contributed by atoms with Crippen LogP contribution >= 0.6 is 0 Å². The topological polar surface area (TPSA) is 21.3 Å². The van der Waals surface area contributed by atoms with E-state index in [-0.39, 0.29) is 0 Å². The summed E-state index contributed by atoms with van der Waals surface area (Å²) in [5.41, 5.74) is 15.2. The summed E-state index contributed by atoms with van der Waals surface area (Å²) in [6.07, 6.45) is 0. The number of anilines is 3. The molecule has 0 saturated heterocycles. The molecule has 0 atom stereocenters. The molecule has 0 fully saturated rings. The van der Waals surface area contributed by atoms with Gasteiger partial charge in [0.1, 0.15) is 11.2 Å². The number of fused-ring (bicyclic) bond motifs is 8. The third-order valence-corrected chi connectivity index (χ3v) is 12.3. The quantitative estimate of drug-likeness (QED) is 0.175. The minimum Gasteiger partial charge on any atom is -0.456 e. The smallest absolute Gasteiger partial charge is 0.140 e. The first-order chi connectivity index (χ1) is 28.8. The van der Waals surface area contributed by atoms with Crippen LogP contribution in [0.3, 0.4) is 0 Å². The molecule has 3 heterocycles. The summed E-state index contributed by atoms with van der Waals surface area (Å²) in [5, 5.41) is 4.75. The SMILES string of the molecule is c1ccc(-n2c3ccccc3c3cc(-c4ccc(N5c6ccccc6C(c6ccccc6)(c6cccc7c6oc6ccccc67)c6ccccc65)cc4)ccc32)cc1. The van der Waals surface area contributed by atoms with Crippen LogP contribution in [0.15, 0.2) is 223 Å². The molecule has 0 unspecified atom stereocenters. The maximum absolute atomic E-state index is 6.84. The van der Waals surface area contributed by atoms with E-state index in [0.29, 0.717) is 0 Å². The van der Waals surface area contributed by atoms with Crippen molar-refractivity contribution in [2.24, 2.45) is 0 Å². The standard InChI is InChI=1S/C55H36N2O/c1-3-16-39(17-4-1)55(48-25-15-22-44-43-21-8-14-29-53(43)58-54(44)48)46-23-9-12-27-51(46)57(52-28-13-10-24-47(52)55)41-33-30-37(31-34-41)38-32-35-50-45(36-38)42-20-7-11-26-49(42)56(50)40-18-5-2-6-19-40/h1-36H. The van der Waals surface area contributed by atoms with Crippen molar-refractivity contribution in [3.63, 3.8) is 0 Å². The van der Waals surface area contributed by atoms with Crippen LogP contribution in [0, 0.1) is 0 Å². The number of rotatable bonds is 5. The lowest BCUT2D eigenvalue weighted by Crippen LogP contribution is -2.37. The van der Waals surface area contributed by atoms with Gasteiger partial charge in [0.2, 0.25) is 0 Å². The summed E-state index contributed by atoms with van der Waals surface area (Å²) >= 11 is 0. The van der Waals surface area contributed by atoms with E-state index in [0.717, 1.165) is 44.6 Å². The average Bonchev–Trinajstić information content (AvgIpc) is 3.85. The van der Waals surface area contributed by atoms with Crippen LogP contribution in [-0.2, 0) is 5.41 Å². The molecule has 58 heavy (non-hydrogen) atoms. The first-order valence-corrected chi connectivity index (χ1v) is 19.9. The van der Waals surface area contributed by atoms with Gasteiger partial charge in [-0.05, 0) is 88.5 Å². The van der Waals surface area contributed by atoms with Gasteiger partial charge in [0, 0.05) is 38.5 Å². The zero-order chi connectivity index (χ0) is 38.2. The molecule has 2 aromatic heterocycles. The normalized spacial score (nSPS) is 13.3. The lowest BCUT2D eigenvalue weighted by atomic mass is 9.62. The molecule has 3 heteroatoms. The number of benzene rings is 9. The molecule has 272 valence electrons. The number of furan rings is 1. The van der Waals surface area contributed by atoms with Gasteiger partial charge in [0.15, 0.2) is 0 Å². The van der Waals surface area contributed by atoms with E-state index in [2.05, 4.69) is 228 Å². The van der Waals surface area contributed by atoms with Crippen molar-refractivity contribution in [3.8, 4) is 16.8 Å². The van der Waals surface area contributed by atoms with Crippen molar-refractivity contribution < 1.29 is 4.42 Å². The highest BCUT2D eigenvalue weighted by Gasteiger charge is 2.47. The maximum Gasteiger partial charge on any atom is 0.140 e. The molecule has 0 N–H and O–H groups in total. The largest absolute Gasteiger partial charge is 0.456 e. The number of para-hydroxylation sites is 6. The van der Waals surface area contributed by atoms with Gasteiger partial charge in [-0.15, -0.1) is 0 Å². The second-order valence-corrected chi connectivity index (χ2v) is 15.2. The third-order valence-electron chi connectivity index (χ3n) is 12.3. The van der Waals surface area contributed by atoms with Gasteiger partial charge in [0.05, 0.1) is 27.8 Å². The van der Waals surface area contributed by atoms with Crippen molar-refractivity contribution in [3.05, 3.63) is 241 Å². The molecule has 1 aliphatic heterocycles. The second-order valence-electron chi connectivity index (χ2n) is 15.2. The summed E-state index contributed by atoms with van der Waals surface area (Å²) in [4.78, 5) is 2.44. The molecule has 0 spiro atoms. The molecule has 0 bridgehead atoms. The van der Waals surface area contributed by atoms with Crippen LogP contribution < -0.4 is 4.90 Å². The van der Waals surface area contributed by atoms with Crippen LogP contribution in [0.25, 0.3) is 60.6 Å². The molecular formula is C55H36N2O. The monoisotopic (exact) mass is 740 g/mol. The summed E-state index contributed by atoms with van der Waals surface area (Å²) in [5.74, 6) is 0. The molecule has 0 amide bonds. The minimum atomic E-state index is -0.660.